The Labute approximate surface area is 70.4 Å². The lowest BCUT2D eigenvalue weighted by atomic mass is 10.5. The number of aromatic nitrogens is 1. The van der Waals surface area contributed by atoms with Crippen LogP contribution >= 0.6 is 34.8 Å². The van der Waals surface area contributed by atoms with Crippen molar-refractivity contribution in [3.05, 3.63) is 26.3 Å². The number of pyridine rings is 1. The number of hydrogen-bond donors (Lipinski definition) is 1. The Bertz CT molecular complexity index is 270. The van der Waals surface area contributed by atoms with Gasteiger partial charge in [0.15, 0.2) is 5.82 Å². The molecule has 1 rings (SSSR count). The Balaban J connectivity index is 3.43. The van der Waals surface area contributed by atoms with Crippen molar-refractivity contribution >= 4 is 34.8 Å². The standard InChI is InChI=1S/C5H3FINS/c6-4-3(7)1-2-8-5(4)9/h1-2H,(H,8,9). The normalized spacial score (nSPS) is 9.56. The summed E-state index contributed by atoms with van der Waals surface area (Å²) in [7, 11) is 0. The number of halogens is 2. The lowest BCUT2D eigenvalue weighted by molar-refractivity contribution is 0.609. The van der Waals surface area contributed by atoms with Crippen molar-refractivity contribution in [1.82, 2.24) is 4.98 Å². The fourth-order valence-corrected chi connectivity index (χ4v) is 1.25. The number of rotatable bonds is 0. The van der Waals surface area contributed by atoms with E-state index in [9.17, 15) is 4.39 Å². The molecule has 0 unspecified atom stereocenters. The van der Waals surface area contributed by atoms with Crippen LogP contribution in [-0.2, 0) is 0 Å². The van der Waals surface area contributed by atoms with Crippen LogP contribution in [0.4, 0.5) is 4.39 Å². The fourth-order valence-electron chi connectivity index (χ4n) is 0.436. The first-order valence-corrected chi connectivity index (χ1v) is 3.73. The average Bonchev–Trinajstić information content (AvgIpc) is 1.83. The molecular formula is C5H3FINS. The van der Waals surface area contributed by atoms with Gasteiger partial charge in [-0.2, -0.15) is 0 Å². The van der Waals surface area contributed by atoms with Gasteiger partial charge in [-0.15, -0.1) is 0 Å². The van der Waals surface area contributed by atoms with Gasteiger partial charge in [-0.1, -0.05) is 12.2 Å². The zero-order valence-corrected chi connectivity index (χ0v) is 7.29. The van der Waals surface area contributed by atoms with Crippen LogP contribution in [0.15, 0.2) is 12.3 Å². The van der Waals surface area contributed by atoms with Crippen LogP contribution < -0.4 is 0 Å². The van der Waals surface area contributed by atoms with Gasteiger partial charge >= 0.3 is 0 Å². The van der Waals surface area contributed by atoms with E-state index in [1.54, 1.807) is 12.3 Å². The number of aromatic amines is 1. The summed E-state index contributed by atoms with van der Waals surface area (Å²) in [6.45, 7) is 0. The summed E-state index contributed by atoms with van der Waals surface area (Å²) >= 11 is 6.49. The first-order valence-electron chi connectivity index (χ1n) is 2.24. The molecule has 1 heterocycles. The molecule has 0 aliphatic carbocycles. The molecule has 0 fully saturated rings. The van der Waals surface area contributed by atoms with Crippen molar-refractivity contribution in [2.45, 2.75) is 0 Å². The third-order valence-corrected chi connectivity index (χ3v) is 1.98. The van der Waals surface area contributed by atoms with E-state index in [0.717, 1.165) is 0 Å². The van der Waals surface area contributed by atoms with Crippen LogP contribution in [0.5, 0.6) is 0 Å². The van der Waals surface area contributed by atoms with Crippen molar-refractivity contribution in [2.75, 3.05) is 0 Å². The molecule has 4 heteroatoms. The molecule has 1 nitrogen and oxygen atoms in total. The highest BCUT2D eigenvalue weighted by atomic mass is 127. The average molecular weight is 255 g/mol. The van der Waals surface area contributed by atoms with Crippen LogP contribution in [0.25, 0.3) is 0 Å². The first kappa shape index (κ1) is 7.14. The van der Waals surface area contributed by atoms with Crippen LogP contribution in [0, 0.1) is 14.0 Å². The summed E-state index contributed by atoms with van der Waals surface area (Å²) in [6, 6.07) is 1.63. The molecule has 9 heavy (non-hydrogen) atoms. The molecule has 0 bridgehead atoms. The Hall–Kier alpha value is 0.0300. The van der Waals surface area contributed by atoms with Gasteiger partial charge < -0.3 is 4.98 Å². The molecule has 0 amide bonds. The van der Waals surface area contributed by atoms with Crippen LogP contribution in [0.3, 0.4) is 0 Å². The maximum absolute atomic E-state index is 12.6. The molecule has 0 aliphatic rings. The summed E-state index contributed by atoms with van der Waals surface area (Å²) in [4.78, 5) is 2.58. The lowest BCUT2D eigenvalue weighted by Gasteiger charge is -1.90. The fraction of sp³-hybridized carbons (Fsp3) is 0. The first-order chi connectivity index (χ1) is 4.22. The maximum atomic E-state index is 12.6. The zero-order chi connectivity index (χ0) is 6.85. The Morgan fingerprint density at radius 3 is 2.78 bits per heavy atom. The van der Waals surface area contributed by atoms with Crippen molar-refractivity contribution < 1.29 is 4.39 Å². The van der Waals surface area contributed by atoms with E-state index in [-0.39, 0.29) is 10.5 Å². The van der Waals surface area contributed by atoms with Gasteiger partial charge in [0.1, 0.15) is 4.64 Å². The number of nitrogens with one attached hydrogen (secondary N) is 1. The van der Waals surface area contributed by atoms with E-state index in [1.807, 2.05) is 22.6 Å². The van der Waals surface area contributed by atoms with E-state index in [4.69, 9.17) is 0 Å². The highest BCUT2D eigenvalue weighted by Gasteiger charge is 1.96. The van der Waals surface area contributed by atoms with E-state index < -0.39 is 0 Å². The van der Waals surface area contributed by atoms with Crippen molar-refractivity contribution in [3.8, 4) is 0 Å². The minimum Gasteiger partial charge on any atom is -0.350 e. The van der Waals surface area contributed by atoms with Crippen LogP contribution in [-0.4, -0.2) is 4.98 Å². The molecule has 1 N–H and O–H groups in total. The van der Waals surface area contributed by atoms with Gasteiger partial charge in [0, 0.05) is 6.20 Å². The Morgan fingerprint density at radius 2 is 2.33 bits per heavy atom. The second-order valence-corrected chi connectivity index (χ2v) is 3.04. The molecule has 1 aromatic heterocycles. The third kappa shape index (κ3) is 1.48. The summed E-state index contributed by atoms with van der Waals surface area (Å²) < 4.78 is 13.3. The molecule has 0 aromatic carbocycles. The van der Waals surface area contributed by atoms with E-state index in [0.29, 0.717) is 3.57 Å². The topological polar surface area (TPSA) is 15.8 Å². The van der Waals surface area contributed by atoms with Gasteiger partial charge in [-0.25, -0.2) is 4.39 Å². The van der Waals surface area contributed by atoms with E-state index >= 15 is 0 Å². The molecule has 0 saturated carbocycles. The van der Waals surface area contributed by atoms with Crippen LogP contribution in [0.1, 0.15) is 0 Å². The Kier molecular flexibility index (Phi) is 2.18. The van der Waals surface area contributed by atoms with E-state index in [1.165, 1.54) is 0 Å². The summed E-state index contributed by atoms with van der Waals surface area (Å²) in [5.41, 5.74) is 0. The Morgan fingerprint density at radius 1 is 1.67 bits per heavy atom. The lowest BCUT2D eigenvalue weighted by Crippen LogP contribution is -1.83. The van der Waals surface area contributed by atoms with Gasteiger partial charge in [-0.3, -0.25) is 0 Å². The number of H-pyrrole nitrogens is 1. The predicted molar refractivity (Wildman–Crippen MR) is 44.3 cm³/mol. The van der Waals surface area contributed by atoms with Crippen molar-refractivity contribution in [1.29, 1.82) is 0 Å². The largest absolute Gasteiger partial charge is 0.350 e. The predicted octanol–water partition coefficient (Wildman–Crippen LogP) is 2.49. The summed E-state index contributed by atoms with van der Waals surface area (Å²) in [5, 5.41) is 0. The molecule has 0 aliphatic heterocycles. The molecule has 48 valence electrons. The second-order valence-electron chi connectivity index (χ2n) is 1.47. The van der Waals surface area contributed by atoms with Gasteiger partial charge in [0.25, 0.3) is 0 Å². The zero-order valence-electron chi connectivity index (χ0n) is 4.32. The summed E-state index contributed by atoms with van der Waals surface area (Å²) in [6.07, 6.45) is 1.62. The minimum atomic E-state index is -0.340. The summed E-state index contributed by atoms with van der Waals surface area (Å²) in [5.74, 6) is -0.340. The van der Waals surface area contributed by atoms with E-state index in [2.05, 4.69) is 17.2 Å². The quantitative estimate of drug-likeness (QED) is 0.556. The number of hydrogen-bond acceptors (Lipinski definition) is 1. The third-order valence-electron chi connectivity index (χ3n) is 0.853. The SMILES string of the molecule is Fc1c(I)cc[nH]c1=S. The van der Waals surface area contributed by atoms with Gasteiger partial charge in [0.2, 0.25) is 0 Å². The highest BCUT2D eigenvalue weighted by Crippen LogP contribution is 2.08. The van der Waals surface area contributed by atoms with Crippen molar-refractivity contribution in [2.24, 2.45) is 0 Å². The molecule has 0 atom stereocenters. The molecule has 1 aromatic rings. The molecule has 0 saturated heterocycles. The molecule has 0 spiro atoms. The van der Waals surface area contributed by atoms with Crippen LogP contribution in [0.2, 0.25) is 0 Å². The smallest absolute Gasteiger partial charge is 0.171 e. The maximum Gasteiger partial charge on any atom is 0.171 e. The highest BCUT2D eigenvalue weighted by molar-refractivity contribution is 14.1. The van der Waals surface area contributed by atoms with Gasteiger partial charge in [0.05, 0.1) is 3.57 Å². The molecular weight excluding hydrogens is 252 g/mol. The second kappa shape index (κ2) is 2.74. The molecule has 0 radical (unpaired) electrons. The minimum absolute atomic E-state index is 0.168. The van der Waals surface area contributed by atoms with Gasteiger partial charge in [-0.05, 0) is 28.7 Å². The van der Waals surface area contributed by atoms with Crippen molar-refractivity contribution in [3.63, 3.8) is 0 Å². The monoisotopic (exact) mass is 255 g/mol.